The van der Waals surface area contributed by atoms with Crippen LogP contribution >= 0.6 is 15.9 Å². The van der Waals surface area contributed by atoms with Crippen LogP contribution in [0.3, 0.4) is 0 Å². The summed E-state index contributed by atoms with van der Waals surface area (Å²) in [5.74, 6) is -0.00258. The molecule has 21 heavy (non-hydrogen) atoms. The molecular formula is C17H27BrN2O. The predicted octanol–water partition coefficient (Wildman–Crippen LogP) is 4.00. The van der Waals surface area contributed by atoms with Gasteiger partial charge >= 0.3 is 0 Å². The van der Waals surface area contributed by atoms with Crippen LogP contribution in [0, 0.1) is 6.92 Å². The van der Waals surface area contributed by atoms with Gasteiger partial charge in [0.1, 0.15) is 0 Å². The van der Waals surface area contributed by atoms with E-state index in [9.17, 15) is 4.79 Å². The number of nitrogens with zero attached hydrogens (tertiary/aromatic N) is 1. The highest BCUT2D eigenvalue weighted by molar-refractivity contribution is 9.10. The predicted molar refractivity (Wildman–Crippen MR) is 92.8 cm³/mol. The molecule has 0 spiro atoms. The molecule has 1 N–H and O–H groups in total. The fraction of sp³-hybridized carbons (Fsp3) is 0.588. The van der Waals surface area contributed by atoms with Crippen molar-refractivity contribution in [1.82, 2.24) is 10.2 Å². The molecule has 0 saturated carbocycles. The van der Waals surface area contributed by atoms with Crippen LogP contribution < -0.4 is 5.32 Å². The van der Waals surface area contributed by atoms with Crippen LogP contribution in [-0.2, 0) is 0 Å². The molecule has 1 aromatic rings. The van der Waals surface area contributed by atoms with Gasteiger partial charge in [-0.05, 0) is 79.9 Å². The number of amides is 1. The van der Waals surface area contributed by atoms with Crippen LogP contribution in [0.2, 0.25) is 0 Å². The fourth-order valence-electron chi connectivity index (χ4n) is 2.34. The molecule has 1 aromatic carbocycles. The molecule has 0 fully saturated rings. The maximum atomic E-state index is 12.2. The monoisotopic (exact) mass is 354 g/mol. The summed E-state index contributed by atoms with van der Waals surface area (Å²) in [6, 6.07) is 6.00. The summed E-state index contributed by atoms with van der Waals surface area (Å²) in [6.07, 6.45) is 2.11. The highest BCUT2D eigenvalue weighted by atomic mass is 79.9. The smallest absolute Gasteiger partial charge is 0.252 e. The minimum absolute atomic E-state index is 0.00258. The number of rotatable bonds is 8. The lowest BCUT2D eigenvalue weighted by Crippen LogP contribution is -2.33. The molecule has 1 unspecified atom stereocenters. The van der Waals surface area contributed by atoms with Gasteiger partial charge in [0, 0.05) is 10.5 Å². The van der Waals surface area contributed by atoms with Gasteiger partial charge < -0.3 is 10.2 Å². The van der Waals surface area contributed by atoms with E-state index in [4.69, 9.17) is 0 Å². The summed E-state index contributed by atoms with van der Waals surface area (Å²) in [5.41, 5.74) is 1.85. The van der Waals surface area contributed by atoms with Crippen LogP contribution in [0.5, 0.6) is 0 Å². The van der Waals surface area contributed by atoms with Crippen molar-refractivity contribution in [2.24, 2.45) is 0 Å². The standard InChI is InChI=1S/C17H27BrN2O/c1-5-20(6-2)11-7-8-14(4)19-17(21)15-10-9-13(3)12-16(15)18/h9-10,12,14H,5-8,11H2,1-4H3,(H,19,21). The van der Waals surface area contributed by atoms with Crippen LogP contribution in [-0.4, -0.2) is 36.5 Å². The van der Waals surface area contributed by atoms with Gasteiger partial charge in [0.25, 0.3) is 5.91 Å². The van der Waals surface area contributed by atoms with E-state index < -0.39 is 0 Å². The maximum absolute atomic E-state index is 12.2. The summed E-state index contributed by atoms with van der Waals surface area (Å²) >= 11 is 3.46. The third-order valence-electron chi connectivity index (χ3n) is 3.75. The lowest BCUT2D eigenvalue weighted by molar-refractivity contribution is 0.0936. The van der Waals surface area contributed by atoms with Crippen molar-refractivity contribution in [3.8, 4) is 0 Å². The van der Waals surface area contributed by atoms with Crippen molar-refractivity contribution in [2.45, 2.75) is 46.6 Å². The molecule has 3 nitrogen and oxygen atoms in total. The minimum Gasteiger partial charge on any atom is -0.350 e. The molecule has 0 radical (unpaired) electrons. The van der Waals surface area contributed by atoms with Gasteiger partial charge in [0.2, 0.25) is 0 Å². The van der Waals surface area contributed by atoms with Crippen molar-refractivity contribution in [3.05, 3.63) is 33.8 Å². The Labute approximate surface area is 137 Å². The van der Waals surface area contributed by atoms with Crippen LogP contribution in [0.25, 0.3) is 0 Å². The first-order valence-corrected chi connectivity index (χ1v) is 8.56. The van der Waals surface area contributed by atoms with Crippen LogP contribution in [0.1, 0.15) is 49.5 Å². The van der Waals surface area contributed by atoms with Crippen molar-refractivity contribution in [1.29, 1.82) is 0 Å². The van der Waals surface area contributed by atoms with Crippen molar-refractivity contribution in [3.63, 3.8) is 0 Å². The van der Waals surface area contributed by atoms with Gasteiger partial charge in [-0.3, -0.25) is 4.79 Å². The second-order valence-corrected chi connectivity index (χ2v) is 6.38. The molecule has 0 saturated heterocycles. The van der Waals surface area contributed by atoms with Gasteiger partial charge in [-0.15, -0.1) is 0 Å². The third kappa shape index (κ3) is 6.18. The van der Waals surface area contributed by atoms with E-state index in [-0.39, 0.29) is 11.9 Å². The topological polar surface area (TPSA) is 32.3 Å². The zero-order valence-corrected chi connectivity index (χ0v) is 15.2. The Hall–Kier alpha value is -0.870. The molecule has 1 rings (SSSR count). The quantitative estimate of drug-likeness (QED) is 0.765. The Bertz CT molecular complexity index is 458. The summed E-state index contributed by atoms with van der Waals surface area (Å²) in [6.45, 7) is 11.7. The molecule has 0 heterocycles. The Morgan fingerprint density at radius 3 is 2.57 bits per heavy atom. The van der Waals surface area contributed by atoms with Crippen molar-refractivity contribution < 1.29 is 4.79 Å². The average Bonchev–Trinajstić information content (AvgIpc) is 2.43. The van der Waals surface area contributed by atoms with E-state index in [1.165, 1.54) is 0 Å². The number of hydrogen-bond donors (Lipinski definition) is 1. The highest BCUT2D eigenvalue weighted by Gasteiger charge is 2.13. The lowest BCUT2D eigenvalue weighted by Gasteiger charge is -2.20. The first-order valence-electron chi connectivity index (χ1n) is 7.77. The molecule has 0 aliphatic rings. The van der Waals surface area contributed by atoms with E-state index >= 15 is 0 Å². The lowest BCUT2D eigenvalue weighted by atomic mass is 10.1. The molecule has 0 bridgehead atoms. The van der Waals surface area contributed by atoms with E-state index in [0.717, 1.165) is 42.5 Å². The van der Waals surface area contributed by atoms with E-state index in [1.807, 2.05) is 25.1 Å². The summed E-state index contributed by atoms with van der Waals surface area (Å²) in [4.78, 5) is 14.7. The van der Waals surface area contributed by atoms with Crippen molar-refractivity contribution in [2.75, 3.05) is 19.6 Å². The third-order valence-corrected chi connectivity index (χ3v) is 4.41. The van der Waals surface area contributed by atoms with E-state index in [2.05, 4.69) is 46.9 Å². The largest absolute Gasteiger partial charge is 0.350 e. The fourth-order valence-corrected chi connectivity index (χ4v) is 3.01. The number of halogens is 1. The van der Waals surface area contributed by atoms with E-state index in [1.54, 1.807) is 0 Å². The molecule has 0 aliphatic carbocycles. The van der Waals surface area contributed by atoms with E-state index in [0.29, 0.717) is 5.56 Å². The molecule has 1 atom stereocenters. The second-order valence-electron chi connectivity index (χ2n) is 5.53. The molecule has 1 amide bonds. The Balaban J connectivity index is 2.43. The molecule has 0 aliphatic heterocycles. The Morgan fingerprint density at radius 2 is 2.00 bits per heavy atom. The number of hydrogen-bond acceptors (Lipinski definition) is 2. The number of aryl methyl sites for hydroxylation is 1. The number of carbonyl (C=O) groups excluding carboxylic acids is 1. The second kappa shape index (κ2) is 9.21. The molecule has 118 valence electrons. The van der Waals surface area contributed by atoms with Crippen LogP contribution in [0.4, 0.5) is 0 Å². The normalized spacial score (nSPS) is 12.5. The number of benzene rings is 1. The van der Waals surface area contributed by atoms with Gasteiger partial charge in [0.15, 0.2) is 0 Å². The van der Waals surface area contributed by atoms with Crippen molar-refractivity contribution >= 4 is 21.8 Å². The first kappa shape index (κ1) is 18.2. The summed E-state index contributed by atoms with van der Waals surface area (Å²) in [7, 11) is 0. The summed E-state index contributed by atoms with van der Waals surface area (Å²) < 4.78 is 0.857. The number of nitrogens with one attached hydrogen (secondary N) is 1. The Morgan fingerprint density at radius 1 is 1.33 bits per heavy atom. The first-order chi connectivity index (χ1) is 9.97. The SMILES string of the molecule is CCN(CC)CCCC(C)NC(=O)c1ccc(C)cc1Br. The zero-order valence-electron chi connectivity index (χ0n) is 13.6. The molecule has 0 aromatic heterocycles. The number of carbonyl (C=O) groups is 1. The minimum atomic E-state index is -0.00258. The summed E-state index contributed by atoms with van der Waals surface area (Å²) in [5, 5.41) is 3.08. The van der Waals surface area contributed by atoms with Gasteiger partial charge in [-0.2, -0.15) is 0 Å². The molecular weight excluding hydrogens is 328 g/mol. The average molecular weight is 355 g/mol. The maximum Gasteiger partial charge on any atom is 0.252 e. The van der Waals surface area contributed by atoms with Crippen LogP contribution in [0.15, 0.2) is 22.7 Å². The molecule has 4 heteroatoms. The highest BCUT2D eigenvalue weighted by Crippen LogP contribution is 2.18. The Kier molecular flexibility index (Phi) is 7.97. The van der Waals surface area contributed by atoms with Gasteiger partial charge in [0.05, 0.1) is 5.56 Å². The van der Waals surface area contributed by atoms with Gasteiger partial charge in [-0.25, -0.2) is 0 Å². The zero-order chi connectivity index (χ0) is 15.8. The van der Waals surface area contributed by atoms with Gasteiger partial charge in [-0.1, -0.05) is 19.9 Å².